The van der Waals surface area contributed by atoms with Crippen LogP contribution in [-0.2, 0) is 14.3 Å². The summed E-state index contributed by atoms with van der Waals surface area (Å²) in [6, 6.07) is 0. The van der Waals surface area contributed by atoms with E-state index in [2.05, 4.69) is 0 Å². The van der Waals surface area contributed by atoms with E-state index in [4.69, 9.17) is 4.74 Å². The normalized spacial score (nSPS) is 12.5. The number of carbonyl (C=O) groups excluding carboxylic acids is 2. The van der Waals surface area contributed by atoms with Crippen molar-refractivity contribution < 1.29 is 14.3 Å². The first-order chi connectivity index (χ1) is 8.02. The van der Waals surface area contributed by atoms with Crippen LogP contribution in [0.15, 0.2) is 23.3 Å². The number of rotatable bonds is 6. The van der Waals surface area contributed by atoms with Crippen molar-refractivity contribution in [1.82, 2.24) is 0 Å². The fourth-order valence-electron chi connectivity index (χ4n) is 1.13. The van der Waals surface area contributed by atoms with Gasteiger partial charge in [0, 0.05) is 11.1 Å². The van der Waals surface area contributed by atoms with Crippen LogP contribution in [0.25, 0.3) is 0 Å². The minimum atomic E-state index is -0.548. The molecule has 0 amide bonds. The molecule has 0 rings (SSSR count). The van der Waals surface area contributed by atoms with Crippen LogP contribution in [0.2, 0.25) is 0 Å². The molecule has 17 heavy (non-hydrogen) atoms. The molecule has 0 saturated heterocycles. The Morgan fingerprint density at radius 3 is 1.53 bits per heavy atom. The largest absolute Gasteiger partial charge is 0.386 e. The first-order valence-corrected chi connectivity index (χ1v) is 6.12. The predicted molar refractivity (Wildman–Crippen MR) is 68.4 cm³/mol. The van der Waals surface area contributed by atoms with E-state index in [1.807, 2.05) is 13.8 Å². The van der Waals surface area contributed by atoms with Crippen LogP contribution in [-0.4, -0.2) is 11.9 Å². The highest BCUT2D eigenvalue weighted by atomic mass is 16.6. The van der Waals surface area contributed by atoms with Gasteiger partial charge in [-0.05, 0) is 26.7 Å². The summed E-state index contributed by atoms with van der Waals surface area (Å²) in [5.41, 5.74) is 0.979. The third-order valence-corrected chi connectivity index (χ3v) is 2.31. The van der Waals surface area contributed by atoms with E-state index in [1.165, 1.54) is 0 Å². The summed E-state index contributed by atoms with van der Waals surface area (Å²) in [4.78, 5) is 23.0. The van der Waals surface area contributed by atoms with Crippen molar-refractivity contribution in [2.45, 2.75) is 53.4 Å². The molecule has 0 bridgehead atoms. The maximum absolute atomic E-state index is 11.5. The molecule has 3 heteroatoms. The lowest BCUT2D eigenvalue weighted by molar-refractivity contribution is -0.153. The van der Waals surface area contributed by atoms with Crippen LogP contribution >= 0.6 is 0 Å². The predicted octanol–water partition coefficient (Wildman–Crippen LogP) is 3.55. The summed E-state index contributed by atoms with van der Waals surface area (Å²) in [7, 11) is 0. The molecular weight excluding hydrogens is 216 g/mol. The molecule has 0 aliphatic heterocycles. The van der Waals surface area contributed by atoms with Gasteiger partial charge >= 0.3 is 11.9 Å². The molecule has 3 nitrogen and oxygen atoms in total. The molecule has 0 aromatic carbocycles. The smallest absolute Gasteiger partial charge is 0.341 e. The van der Waals surface area contributed by atoms with Crippen molar-refractivity contribution in [2.24, 2.45) is 0 Å². The molecule has 0 radical (unpaired) electrons. The first-order valence-electron chi connectivity index (χ1n) is 6.12. The molecule has 0 aliphatic carbocycles. The Kier molecular flexibility index (Phi) is 8.03. The van der Waals surface area contributed by atoms with E-state index < -0.39 is 11.9 Å². The zero-order valence-electron chi connectivity index (χ0n) is 11.2. The molecular formula is C14H22O3. The average molecular weight is 238 g/mol. The summed E-state index contributed by atoms with van der Waals surface area (Å²) in [6.45, 7) is 7.38. The third kappa shape index (κ3) is 6.72. The minimum absolute atomic E-state index is 0.489. The highest BCUT2D eigenvalue weighted by molar-refractivity contribution is 6.01. The molecule has 0 fully saturated rings. The topological polar surface area (TPSA) is 43.4 Å². The van der Waals surface area contributed by atoms with Gasteiger partial charge in [-0.25, -0.2) is 9.59 Å². The zero-order chi connectivity index (χ0) is 13.3. The second-order valence-electron chi connectivity index (χ2n) is 4.03. The second kappa shape index (κ2) is 8.74. The highest BCUT2D eigenvalue weighted by Gasteiger charge is 2.13. The highest BCUT2D eigenvalue weighted by Crippen LogP contribution is 2.05. The monoisotopic (exact) mass is 238 g/mol. The maximum atomic E-state index is 11.5. The standard InChI is InChI=1S/C14H22O3/c1-5-7-9-11(3)13(15)17-14(16)12(4)10-8-6-2/h9-10H,5-8H2,1-4H3/b11-9+,12-10+. The molecule has 0 unspecified atom stereocenters. The Morgan fingerprint density at radius 1 is 0.882 bits per heavy atom. The number of hydrogen-bond acceptors (Lipinski definition) is 3. The Balaban J connectivity index is 4.34. The molecule has 0 aromatic heterocycles. The van der Waals surface area contributed by atoms with E-state index in [-0.39, 0.29) is 0 Å². The number of allylic oxidation sites excluding steroid dienone is 2. The van der Waals surface area contributed by atoms with Crippen molar-refractivity contribution in [3.8, 4) is 0 Å². The lowest BCUT2D eigenvalue weighted by Gasteiger charge is -2.03. The Bertz CT molecular complexity index is 292. The van der Waals surface area contributed by atoms with Crippen molar-refractivity contribution in [1.29, 1.82) is 0 Å². The fraction of sp³-hybridized carbons (Fsp3) is 0.571. The van der Waals surface area contributed by atoms with Crippen molar-refractivity contribution >= 4 is 11.9 Å². The van der Waals surface area contributed by atoms with Gasteiger partial charge in [-0.15, -0.1) is 0 Å². The van der Waals surface area contributed by atoms with Gasteiger partial charge in [-0.3, -0.25) is 0 Å². The molecule has 0 aliphatic rings. The number of carbonyl (C=O) groups is 2. The lowest BCUT2D eigenvalue weighted by atomic mass is 10.2. The molecule has 96 valence electrons. The summed E-state index contributed by atoms with van der Waals surface area (Å²) in [6.07, 6.45) is 7.16. The van der Waals surface area contributed by atoms with Crippen LogP contribution in [0.5, 0.6) is 0 Å². The summed E-state index contributed by atoms with van der Waals surface area (Å²) < 4.78 is 4.75. The summed E-state index contributed by atoms with van der Waals surface area (Å²) >= 11 is 0. The molecule has 0 spiro atoms. The quantitative estimate of drug-likeness (QED) is 0.404. The van der Waals surface area contributed by atoms with Crippen LogP contribution in [0.3, 0.4) is 0 Å². The van der Waals surface area contributed by atoms with Gasteiger partial charge in [-0.1, -0.05) is 38.8 Å². The van der Waals surface area contributed by atoms with E-state index in [0.29, 0.717) is 11.1 Å². The van der Waals surface area contributed by atoms with Crippen LogP contribution in [0.1, 0.15) is 53.4 Å². The van der Waals surface area contributed by atoms with Crippen molar-refractivity contribution in [3.05, 3.63) is 23.3 Å². The average Bonchev–Trinajstić information content (AvgIpc) is 2.32. The summed E-state index contributed by atoms with van der Waals surface area (Å²) in [5, 5.41) is 0. The van der Waals surface area contributed by atoms with Crippen LogP contribution in [0, 0.1) is 0 Å². The molecule has 0 heterocycles. The van der Waals surface area contributed by atoms with Gasteiger partial charge in [-0.2, -0.15) is 0 Å². The summed E-state index contributed by atoms with van der Waals surface area (Å²) in [5.74, 6) is -1.10. The van der Waals surface area contributed by atoms with Crippen LogP contribution in [0.4, 0.5) is 0 Å². The molecule has 0 N–H and O–H groups in total. The van der Waals surface area contributed by atoms with E-state index >= 15 is 0 Å². The SMILES string of the molecule is CCC/C=C(\C)C(=O)OC(=O)/C(C)=C/CCC. The van der Waals surface area contributed by atoms with E-state index in [9.17, 15) is 9.59 Å². The lowest BCUT2D eigenvalue weighted by Crippen LogP contribution is -2.14. The Labute approximate surface area is 104 Å². The molecule has 0 atom stereocenters. The number of unbranched alkanes of at least 4 members (excludes halogenated alkanes) is 2. The van der Waals surface area contributed by atoms with Crippen molar-refractivity contribution in [3.63, 3.8) is 0 Å². The number of ether oxygens (including phenoxy) is 1. The van der Waals surface area contributed by atoms with Crippen LogP contribution < -0.4 is 0 Å². The van der Waals surface area contributed by atoms with Gasteiger partial charge in [0.25, 0.3) is 0 Å². The Hall–Kier alpha value is -1.38. The van der Waals surface area contributed by atoms with Crippen molar-refractivity contribution in [2.75, 3.05) is 0 Å². The van der Waals surface area contributed by atoms with E-state index in [1.54, 1.807) is 26.0 Å². The third-order valence-electron chi connectivity index (χ3n) is 2.31. The van der Waals surface area contributed by atoms with Gasteiger partial charge in [0.1, 0.15) is 0 Å². The molecule has 0 saturated carbocycles. The Morgan fingerprint density at radius 2 is 1.24 bits per heavy atom. The van der Waals surface area contributed by atoms with E-state index in [0.717, 1.165) is 25.7 Å². The minimum Gasteiger partial charge on any atom is -0.386 e. The first kappa shape index (κ1) is 15.6. The number of esters is 2. The zero-order valence-corrected chi connectivity index (χ0v) is 11.2. The van der Waals surface area contributed by atoms with Gasteiger partial charge in [0.2, 0.25) is 0 Å². The van der Waals surface area contributed by atoms with Gasteiger partial charge in [0.15, 0.2) is 0 Å². The number of hydrogen-bond donors (Lipinski definition) is 0. The fourth-order valence-corrected chi connectivity index (χ4v) is 1.13. The van der Waals surface area contributed by atoms with Gasteiger partial charge < -0.3 is 4.74 Å². The van der Waals surface area contributed by atoms with Gasteiger partial charge in [0.05, 0.1) is 0 Å². The molecule has 0 aromatic rings. The maximum Gasteiger partial charge on any atom is 0.341 e. The second-order valence-corrected chi connectivity index (χ2v) is 4.03.